The van der Waals surface area contributed by atoms with Crippen LogP contribution in [0.3, 0.4) is 0 Å². The lowest BCUT2D eigenvalue weighted by molar-refractivity contribution is 0.555. The molecule has 3 rings (SSSR count). The number of aromatic nitrogens is 3. The molecule has 1 aromatic carbocycles. The average molecular weight is 338 g/mol. The number of nitrogens with zero attached hydrogens (tertiary/aromatic N) is 3. The molecule has 0 aliphatic heterocycles. The first-order valence-corrected chi connectivity index (χ1v) is 8.82. The van der Waals surface area contributed by atoms with Gasteiger partial charge in [-0.1, -0.05) is 51.1 Å². The Kier molecular flexibility index (Phi) is 4.62. The predicted octanol–water partition coefficient (Wildman–Crippen LogP) is 5.07. The van der Waals surface area contributed by atoms with Gasteiger partial charge in [0.25, 0.3) is 0 Å². The molecule has 24 heavy (non-hydrogen) atoms. The van der Waals surface area contributed by atoms with Gasteiger partial charge in [0.1, 0.15) is 5.82 Å². The summed E-state index contributed by atoms with van der Waals surface area (Å²) >= 11 is 1.42. The van der Waals surface area contributed by atoms with Crippen LogP contribution in [0.4, 0.5) is 5.13 Å². The molecular weight excluding hydrogens is 316 g/mol. The first-order valence-electron chi connectivity index (χ1n) is 8.04. The predicted molar refractivity (Wildman–Crippen MR) is 100 cm³/mol. The van der Waals surface area contributed by atoms with Crippen molar-refractivity contribution in [2.75, 3.05) is 5.32 Å². The molecule has 1 atom stereocenters. The van der Waals surface area contributed by atoms with E-state index in [-0.39, 0.29) is 11.5 Å². The Hall–Kier alpha value is -2.27. The van der Waals surface area contributed by atoms with Gasteiger partial charge in [-0.3, -0.25) is 4.98 Å². The molecule has 0 amide bonds. The molecule has 0 fully saturated rings. The summed E-state index contributed by atoms with van der Waals surface area (Å²) in [6.45, 7) is 8.51. The smallest absolute Gasteiger partial charge is 0.203 e. The quantitative estimate of drug-likeness (QED) is 0.721. The number of benzene rings is 1. The summed E-state index contributed by atoms with van der Waals surface area (Å²) in [4.78, 5) is 8.77. The van der Waals surface area contributed by atoms with Crippen molar-refractivity contribution in [3.63, 3.8) is 0 Å². The molecule has 0 aliphatic carbocycles. The Balaban J connectivity index is 1.71. The number of nitrogens with one attached hydrogen (secondary N) is 1. The third kappa shape index (κ3) is 3.79. The summed E-state index contributed by atoms with van der Waals surface area (Å²) in [6.07, 6.45) is 3.67. The van der Waals surface area contributed by atoms with E-state index in [4.69, 9.17) is 0 Å². The van der Waals surface area contributed by atoms with Crippen LogP contribution in [0.2, 0.25) is 0 Å². The van der Waals surface area contributed by atoms with Gasteiger partial charge in [-0.25, -0.2) is 4.98 Å². The van der Waals surface area contributed by atoms with E-state index in [1.165, 1.54) is 22.7 Å². The second kappa shape index (κ2) is 6.69. The molecule has 0 radical (unpaired) electrons. The Labute approximate surface area is 147 Å². The van der Waals surface area contributed by atoms with E-state index in [2.05, 4.69) is 77.7 Å². The average Bonchev–Trinajstić information content (AvgIpc) is 3.05. The van der Waals surface area contributed by atoms with E-state index in [0.29, 0.717) is 0 Å². The van der Waals surface area contributed by atoms with Crippen LogP contribution in [0.5, 0.6) is 0 Å². The van der Waals surface area contributed by atoms with E-state index in [0.717, 1.165) is 16.5 Å². The fraction of sp³-hybridized carbons (Fsp3) is 0.316. The molecule has 5 heteroatoms. The van der Waals surface area contributed by atoms with Crippen molar-refractivity contribution in [2.45, 2.75) is 39.2 Å². The highest BCUT2D eigenvalue weighted by atomic mass is 32.1. The van der Waals surface area contributed by atoms with Gasteiger partial charge >= 0.3 is 0 Å². The van der Waals surface area contributed by atoms with Gasteiger partial charge in [-0.2, -0.15) is 4.37 Å². The molecule has 4 nitrogen and oxygen atoms in total. The van der Waals surface area contributed by atoms with E-state index >= 15 is 0 Å². The van der Waals surface area contributed by atoms with Gasteiger partial charge in [0, 0.05) is 29.3 Å². The Morgan fingerprint density at radius 2 is 1.79 bits per heavy atom. The van der Waals surface area contributed by atoms with Crippen LogP contribution in [-0.2, 0) is 5.41 Å². The first kappa shape index (κ1) is 16.6. The highest BCUT2D eigenvalue weighted by molar-refractivity contribution is 7.09. The maximum absolute atomic E-state index is 4.60. The third-order valence-corrected chi connectivity index (χ3v) is 4.49. The molecule has 0 saturated heterocycles. The highest BCUT2D eigenvalue weighted by Gasteiger charge is 2.20. The van der Waals surface area contributed by atoms with Crippen molar-refractivity contribution in [3.05, 3.63) is 60.2 Å². The van der Waals surface area contributed by atoms with Crippen LogP contribution in [0.15, 0.2) is 48.8 Å². The molecule has 1 N–H and O–H groups in total. The lowest BCUT2D eigenvalue weighted by Crippen LogP contribution is -2.13. The van der Waals surface area contributed by atoms with E-state index in [1.807, 2.05) is 12.3 Å². The second-order valence-corrected chi connectivity index (χ2v) is 7.65. The van der Waals surface area contributed by atoms with Crippen LogP contribution in [0, 0.1) is 0 Å². The molecule has 3 aromatic rings. The van der Waals surface area contributed by atoms with Crippen molar-refractivity contribution in [2.24, 2.45) is 0 Å². The normalized spacial score (nSPS) is 12.8. The molecular formula is C19H22N4S. The molecule has 124 valence electrons. The summed E-state index contributed by atoms with van der Waals surface area (Å²) in [5.41, 5.74) is 3.49. The lowest BCUT2D eigenvalue weighted by atomic mass is 9.96. The maximum atomic E-state index is 4.60. The zero-order valence-corrected chi connectivity index (χ0v) is 15.3. The standard InChI is InChI=1S/C19H22N4S/c1-13(21-18-22-17(23-24-18)19(2,3)4)14-7-9-15(10-8-14)16-6-5-11-20-12-16/h5-13H,1-4H3,(H,21,22,23). The highest BCUT2D eigenvalue weighted by Crippen LogP contribution is 2.27. The number of hydrogen-bond acceptors (Lipinski definition) is 5. The minimum Gasteiger partial charge on any atom is -0.354 e. The fourth-order valence-electron chi connectivity index (χ4n) is 2.35. The van der Waals surface area contributed by atoms with Gasteiger partial charge < -0.3 is 5.32 Å². The minimum absolute atomic E-state index is 0.0228. The molecule has 2 heterocycles. The van der Waals surface area contributed by atoms with Crippen molar-refractivity contribution in [3.8, 4) is 11.1 Å². The Morgan fingerprint density at radius 1 is 1.04 bits per heavy atom. The maximum Gasteiger partial charge on any atom is 0.203 e. The molecule has 2 aromatic heterocycles. The van der Waals surface area contributed by atoms with Gasteiger partial charge in [0.2, 0.25) is 5.13 Å². The SMILES string of the molecule is CC(Nc1nc(C(C)(C)C)ns1)c1ccc(-c2cccnc2)cc1. The number of anilines is 1. The topological polar surface area (TPSA) is 50.7 Å². The zero-order chi connectivity index (χ0) is 17.2. The summed E-state index contributed by atoms with van der Waals surface area (Å²) in [6, 6.07) is 12.7. The van der Waals surface area contributed by atoms with Crippen molar-refractivity contribution >= 4 is 16.7 Å². The van der Waals surface area contributed by atoms with E-state index < -0.39 is 0 Å². The van der Waals surface area contributed by atoms with Gasteiger partial charge in [0.15, 0.2) is 0 Å². The third-order valence-electron chi connectivity index (χ3n) is 3.84. The van der Waals surface area contributed by atoms with Gasteiger partial charge in [0.05, 0.1) is 6.04 Å². The van der Waals surface area contributed by atoms with E-state index in [9.17, 15) is 0 Å². The van der Waals surface area contributed by atoms with Crippen molar-refractivity contribution in [1.82, 2.24) is 14.3 Å². The minimum atomic E-state index is -0.0228. The van der Waals surface area contributed by atoms with Crippen LogP contribution in [0.25, 0.3) is 11.1 Å². The van der Waals surface area contributed by atoms with Gasteiger partial charge in [-0.15, -0.1) is 0 Å². The van der Waals surface area contributed by atoms with Crippen LogP contribution >= 0.6 is 11.5 Å². The largest absolute Gasteiger partial charge is 0.354 e. The summed E-state index contributed by atoms with van der Waals surface area (Å²) in [5.74, 6) is 0.883. The van der Waals surface area contributed by atoms with Crippen molar-refractivity contribution in [1.29, 1.82) is 0 Å². The Morgan fingerprint density at radius 3 is 2.38 bits per heavy atom. The summed E-state index contributed by atoms with van der Waals surface area (Å²) in [5, 5.41) is 4.31. The molecule has 0 aliphatic rings. The number of hydrogen-bond donors (Lipinski definition) is 1. The van der Waals surface area contributed by atoms with Crippen LogP contribution < -0.4 is 5.32 Å². The lowest BCUT2D eigenvalue weighted by Gasteiger charge is -2.14. The number of pyridine rings is 1. The van der Waals surface area contributed by atoms with Crippen molar-refractivity contribution < 1.29 is 0 Å². The molecule has 0 spiro atoms. The molecule has 0 bridgehead atoms. The van der Waals surface area contributed by atoms with Crippen LogP contribution in [-0.4, -0.2) is 14.3 Å². The first-order chi connectivity index (χ1) is 11.4. The fourth-order valence-corrected chi connectivity index (χ4v) is 3.20. The van der Waals surface area contributed by atoms with E-state index in [1.54, 1.807) is 6.20 Å². The summed E-state index contributed by atoms with van der Waals surface area (Å²) < 4.78 is 4.45. The number of rotatable bonds is 4. The van der Waals surface area contributed by atoms with Crippen LogP contribution in [0.1, 0.15) is 45.1 Å². The second-order valence-electron chi connectivity index (χ2n) is 6.90. The molecule has 1 unspecified atom stereocenters. The summed E-state index contributed by atoms with van der Waals surface area (Å²) in [7, 11) is 0. The zero-order valence-electron chi connectivity index (χ0n) is 14.4. The monoisotopic (exact) mass is 338 g/mol. The Bertz CT molecular complexity index is 788. The van der Waals surface area contributed by atoms with Gasteiger partial charge in [-0.05, 0) is 29.7 Å². The molecule has 0 saturated carbocycles.